The van der Waals surface area contributed by atoms with Crippen LogP contribution in [0.1, 0.15) is 12.5 Å². The Balaban J connectivity index is 2.06. The van der Waals surface area contributed by atoms with Gasteiger partial charge >= 0.3 is 0 Å². The summed E-state index contributed by atoms with van der Waals surface area (Å²) in [7, 11) is 0. The van der Waals surface area contributed by atoms with Gasteiger partial charge in [-0.2, -0.15) is 0 Å². The number of hydrogen-bond donors (Lipinski definition) is 1. The summed E-state index contributed by atoms with van der Waals surface area (Å²) in [5.41, 5.74) is 0.948. The van der Waals surface area contributed by atoms with Gasteiger partial charge in [0.25, 0.3) is 0 Å². The van der Waals surface area contributed by atoms with Crippen LogP contribution in [0.2, 0.25) is 0 Å². The molecule has 0 bridgehead atoms. The molecule has 1 aromatic heterocycles. The zero-order chi connectivity index (χ0) is 12.8. The number of aromatic nitrogens is 1. The van der Waals surface area contributed by atoms with Crippen molar-refractivity contribution in [3.05, 3.63) is 54.0 Å². The summed E-state index contributed by atoms with van der Waals surface area (Å²) < 4.78 is 18.5. The van der Waals surface area contributed by atoms with Crippen LogP contribution in [0.3, 0.4) is 0 Å². The van der Waals surface area contributed by atoms with Crippen LogP contribution in [0, 0.1) is 5.82 Å². The molecule has 0 unspecified atom stereocenters. The smallest absolute Gasteiger partial charge is 0.132 e. The molecule has 1 N–H and O–H groups in total. The second-order valence-electron chi connectivity index (χ2n) is 3.79. The molecule has 4 heteroatoms. The third-order valence-electron chi connectivity index (χ3n) is 2.43. The lowest BCUT2D eigenvalue weighted by atomic mass is 10.2. The third kappa shape index (κ3) is 3.20. The predicted octanol–water partition coefficient (Wildman–Crippen LogP) is 3.23. The Morgan fingerprint density at radius 3 is 2.94 bits per heavy atom. The molecule has 2 rings (SSSR count). The number of hydrogen-bond acceptors (Lipinski definition) is 3. The van der Waals surface area contributed by atoms with Crippen molar-refractivity contribution < 1.29 is 9.13 Å². The molecule has 3 nitrogen and oxygen atoms in total. The van der Waals surface area contributed by atoms with Crippen molar-refractivity contribution in [2.24, 2.45) is 0 Å². The van der Waals surface area contributed by atoms with E-state index >= 15 is 0 Å². The lowest BCUT2D eigenvalue weighted by Gasteiger charge is -2.10. The summed E-state index contributed by atoms with van der Waals surface area (Å²) in [6.45, 7) is 3.16. The number of rotatable bonds is 5. The fourth-order valence-corrected chi connectivity index (χ4v) is 1.60. The Labute approximate surface area is 106 Å². The van der Waals surface area contributed by atoms with Crippen molar-refractivity contribution in [2.45, 2.75) is 13.5 Å². The summed E-state index contributed by atoms with van der Waals surface area (Å²) in [5, 5.41) is 3.16. The molecule has 2 aromatic rings. The van der Waals surface area contributed by atoms with Crippen molar-refractivity contribution in [3.63, 3.8) is 0 Å². The van der Waals surface area contributed by atoms with Gasteiger partial charge in [0.1, 0.15) is 24.0 Å². The summed E-state index contributed by atoms with van der Waals surface area (Å²) >= 11 is 0. The van der Waals surface area contributed by atoms with Crippen molar-refractivity contribution in [3.8, 4) is 5.75 Å². The average Bonchev–Trinajstić information content (AvgIpc) is 2.38. The van der Waals surface area contributed by atoms with Gasteiger partial charge in [0, 0.05) is 24.4 Å². The largest absolute Gasteiger partial charge is 0.489 e. The molecule has 1 aromatic carbocycles. The van der Waals surface area contributed by atoms with Crippen LogP contribution in [0.4, 0.5) is 10.2 Å². The SMILES string of the molecule is CCNc1ncccc1COc1cccc(F)c1. The molecule has 0 spiro atoms. The van der Waals surface area contributed by atoms with Gasteiger partial charge in [-0.15, -0.1) is 0 Å². The monoisotopic (exact) mass is 246 g/mol. The van der Waals surface area contributed by atoms with E-state index in [1.807, 2.05) is 19.1 Å². The van der Waals surface area contributed by atoms with Gasteiger partial charge in [-0.05, 0) is 25.1 Å². The van der Waals surface area contributed by atoms with Crippen molar-refractivity contribution in [1.29, 1.82) is 0 Å². The molecular formula is C14H15FN2O. The molecule has 0 fully saturated rings. The van der Waals surface area contributed by atoms with Crippen LogP contribution < -0.4 is 10.1 Å². The number of benzene rings is 1. The maximum Gasteiger partial charge on any atom is 0.132 e. The Kier molecular flexibility index (Phi) is 4.12. The van der Waals surface area contributed by atoms with Gasteiger partial charge in [-0.3, -0.25) is 0 Å². The van der Waals surface area contributed by atoms with E-state index in [1.54, 1.807) is 18.3 Å². The standard InChI is InChI=1S/C14H15FN2O/c1-2-16-14-11(5-4-8-17-14)10-18-13-7-3-6-12(15)9-13/h3-9H,2,10H2,1H3,(H,16,17). The lowest BCUT2D eigenvalue weighted by Crippen LogP contribution is -2.05. The Hall–Kier alpha value is -2.10. The number of nitrogens with one attached hydrogen (secondary N) is 1. The first-order valence-electron chi connectivity index (χ1n) is 5.85. The van der Waals surface area contributed by atoms with Crippen LogP contribution >= 0.6 is 0 Å². The first kappa shape index (κ1) is 12.4. The third-order valence-corrected chi connectivity index (χ3v) is 2.43. The Morgan fingerprint density at radius 1 is 1.28 bits per heavy atom. The Morgan fingerprint density at radius 2 is 2.17 bits per heavy atom. The highest BCUT2D eigenvalue weighted by Gasteiger charge is 2.03. The minimum absolute atomic E-state index is 0.300. The first-order chi connectivity index (χ1) is 8.79. The minimum Gasteiger partial charge on any atom is -0.489 e. The maximum atomic E-state index is 13.0. The van der Waals surface area contributed by atoms with Crippen molar-refractivity contribution in [2.75, 3.05) is 11.9 Å². The number of nitrogens with zero attached hydrogens (tertiary/aromatic N) is 1. The second kappa shape index (κ2) is 6.00. The van der Waals surface area contributed by atoms with E-state index in [4.69, 9.17) is 4.74 Å². The minimum atomic E-state index is -0.300. The number of pyridine rings is 1. The average molecular weight is 246 g/mol. The zero-order valence-electron chi connectivity index (χ0n) is 10.2. The summed E-state index contributed by atoms with van der Waals surface area (Å²) in [6.07, 6.45) is 1.73. The van der Waals surface area contributed by atoms with Crippen LogP contribution in [0.15, 0.2) is 42.6 Å². The highest BCUT2D eigenvalue weighted by molar-refractivity contribution is 5.43. The summed E-state index contributed by atoms with van der Waals surface area (Å²) in [6, 6.07) is 9.89. The van der Waals surface area contributed by atoms with Gasteiger partial charge in [-0.25, -0.2) is 9.37 Å². The Bertz CT molecular complexity index is 517. The predicted molar refractivity (Wildman–Crippen MR) is 69.1 cm³/mol. The molecule has 0 aliphatic rings. The quantitative estimate of drug-likeness (QED) is 0.879. The molecule has 1 heterocycles. The normalized spacial score (nSPS) is 10.1. The van der Waals surface area contributed by atoms with Gasteiger partial charge < -0.3 is 10.1 Å². The van der Waals surface area contributed by atoms with Crippen molar-refractivity contribution in [1.82, 2.24) is 4.98 Å². The zero-order valence-corrected chi connectivity index (χ0v) is 10.2. The van der Waals surface area contributed by atoms with Crippen LogP contribution in [-0.2, 0) is 6.61 Å². The van der Waals surface area contributed by atoms with Crippen LogP contribution in [-0.4, -0.2) is 11.5 Å². The number of halogens is 1. The van der Waals surface area contributed by atoms with Crippen LogP contribution in [0.25, 0.3) is 0 Å². The van der Waals surface area contributed by atoms with Gasteiger partial charge in [0.05, 0.1) is 0 Å². The highest BCUT2D eigenvalue weighted by atomic mass is 19.1. The van der Waals surface area contributed by atoms with Crippen LogP contribution in [0.5, 0.6) is 5.75 Å². The molecular weight excluding hydrogens is 231 g/mol. The van der Waals surface area contributed by atoms with Gasteiger partial charge in [0.15, 0.2) is 0 Å². The lowest BCUT2D eigenvalue weighted by molar-refractivity contribution is 0.305. The first-order valence-corrected chi connectivity index (χ1v) is 5.85. The van der Waals surface area contributed by atoms with E-state index in [-0.39, 0.29) is 5.82 Å². The summed E-state index contributed by atoms with van der Waals surface area (Å²) in [5.74, 6) is 1.02. The van der Waals surface area contributed by atoms with E-state index in [2.05, 4.69) is 10.3 Å². The number of anilines is 1. The van der Waals surface area contributed by atoms with E-state index in [0.717, 1.165) is 17.9 Å². The summed E-state index contributed by atoms with van der Waals surface area (Å²) in [4.78, 5) is 4.23. The molecule has 0 amide bonds. The fourth-order valence-electron chi connectivity index (χ4n) is 1.60. The van der Waals surface area contributed by atoms with E-state index < -0.39 is 0 Å². The molecule has 0 saturated carbocycles. The highest BCUT2D eigenvalue weighted by Crippen LogP contribution is 2.17. The topological polar surface area (TPSA) is 34.2 Å². The molecule has 0 aliphatic heterocycles. The molecule has 94 valence electrons. The second-order valence-corrected chi connectivity index (χ2v) is 3.79. The van der Waals surface area contributed by atoms with E-state index in [0.29, 0.717) is 12.4 Å². The van der Waals surface area contributed by atoms with Gasteiger partial charge in [-0.1, -0.05) is 12.1 Å². The number of ether oxygens (including phenoxy) is 1. The molecule has 0 radical (unpaired) electrons. The van der Waals surface area contributed by atoms with Gasteiger partial charge in [0.2, 0.25) is 0 Å². The molecule has 18 heavy (non-hydrogen) atoms. The molecule has 0 atom stereocenters. The molecule has 0 aliphatic carbocycles. The van der Waals surface area contributed by atoms with Crippen molar-refractivity contribution >= 4 is 5.82 Å². The fraction of sp³-hybridized carbons (Fsp3) is 0.214. The van der Waals surface area contributed by atoms with E-state index in [9.17, 15) is 4.39 Å². The maximum absolute atomic E-state index is 13.0. The van der Waals surface area contributed by atoms with E-state index in [1.165, 1.54) is 12.1 Å². The molecule has 0 saturated heterocycles.